The van der Waals surface area contributed by atoms with Crippen LogP contribution in [0.2, 0.25) is 0 Å². The second kappa shape index (κ2) is 2.78. The van der Waals surface area contributed by atoms with Crippen LogP contribution in [0.5, 0.6) is 0 Å². The van der Waals surface area contributed by atoms with Gasteiger partial charge in [0.25, 0.3) is 0 Å². The van der Waals surface area contributed by atoms with Crippen LogP contribution in [0.25, 0.3) is 0 Å². The summed E-state index contributed by atoms with van der Waals surface area (Å²) in [6.45, 7) is 5.77. The van der Waals surface area contributed by atoms with Crippen LogP contribution in [0.4, 0.5) is 0 Å². The third kappa shape index (κ3) is 1.58. The van der Waals surface area contributed by atoms with Gasteiger partial charge in [-0.15, -0.1) is 0 Å². The molecule has 3 unspecified atom stereocenters. The molecule has 2 aliphatic rings. The van der Waals surface area contributed by atoms with E-state index in [0.29, 0.717) is 0 Å². The van der Waals surface area contributed by atoms with E-state index in [4.69, 9.17) is 0 Å². The van der Waals surface area contributed by atoms with Crippen LogP contribution >= 0.6 is 0 Å². The predicted octanol–water partition coefficient (Wildman–Crippen LogP) is 2.03. The fraction of sp³-hybridized carbons (Fsp3) is 1.00. The molecule has 0 aromatic rings. The van der Waals surface area contributed by atoms with Gasteiger partial charge in [0, 0.05) is 6.04 Å². The molecule has 2 aliphatic carbocycles. The van der Waals surface area contributed by atoms with Crippen molar-refractivity contribution in [1.82, 2.24) is 5.32 Å². The fourth-order valence-corrected chi connectivity index (χ4v) is 2.21. The van der Waals surface area contributed by atoms with Crippen molar-refractivity contribution in [2.75, 3.05) is 6.54 Å². The van der Waals surface area contributed by atoms with E-state index in [0.717, 1.165) is 30.3 Å². The Morgan fingerprint density at radius 2 is 2.09 bits per heavy atom. The Kier molecular flexibility index (Phi) is 1.92. The number of hydrogen-bond donors (Lipinski definition) is 1. The van der Waals surface area contributed by atoms with Gasteiger partial charge < -0.3 is 5.32 Å². The van der Waals surface area contributed by atoms with Gasteiger partial charge in [0.1, 0.15) is 0 Å². The van der Waals surface area contributed by atoms with Crippen molar-refractivity contribution in [1.29, 1.82) is 0 Å². The van der Waals surface area contributed by atoms with Crippen LogP contribution < -0.4 is 5.32 Å². The van der Waals surface area contributed by atoms with Gasteiger partial charge in [0.05, 0.1) is 0 Å². The number of hydrogen-bond acceptors (Lipinski definition) is 1. The van der Waals surface area contributed by atoms with E-state index in [1.165, 1.54) is 19.3 Å². The molecule has 0 bridgehead atoms. The van der Waals surface area contributed by atoms with Crippen molar-refractivity contribution in [2.45, 2.75) is 39.2 Å². The van der Waals surface area contributed by atoms with E-state index in [2.05, 4.69) is 19.2 Å². The molecule has 0 aromatic heterocycles. The molecule has 1 nitrogen and oxygen atoms in total. The maximum Gasteiger partial charge on any atom is 0.0126 e. The van der Waals surface area contributed by atoms with E-state index in [9.17, 15) is 0 Å². The summed E-state index contributed by atoms with van der Waals surface area (Å²) in [7, 11) is 0. The Hall–Kier alpha value is -0.0400. The molecule has 2 fully saturated rings. The first kappa shape index (κ1) is 7.60. The minimum absolute atomic E-state index is 0.884. The molecular formula is C10H19N. The Bertz CT molecular complexity index is 140. The molecule has 11 heavy (non-hydrogen) atoms. The van der Waals surface area contributed by atoms with Gasteiger partial charge in [-0.05, 0) is 43.6 Å². The Labute approximate surface area is 69.6 Å². The van der Waals surface area contributed by atoms with Gasteiger partial charge in [-0.1, -0.05) is 13.8 Å². The summed E-state index contributed by atoms with van der Waals surface area (Å²) in [4.78, 5) is 0. The standard InChI is InChI=1S/C10H19N/c1-3-11-10(8-4-5-8)9-6-7(9)2/h7-11H,3-6H2,1-2H3. The van der Waals surface area contributed by atoms with Crippen LogP contribution in [0, 0.1) is 17.8 Å². The van der Waals surface area contributed by atoms with E-state index < -0.39 is 0 Å². The molecule has 64 valence electrons. The fourth-order valence-electron chi connectivity index (χ4n) is 2.21. The van der Waals surface area contributed by atoms with Crippen molar-refractivity contribution < 1.29 is 0 Å². The number of rotatable bonds is 4. The zero-order chi connectivity index (χ0) is 7.84. The lowest BCUT2D eigenvalue weighted by atomic mass is 10.1. The van der Waals surface area contributed by atoms with Crippen molar-refractivity contribution >= 4 is 0 Å². The molecular weight excluding hydrogens is 134 g/mol. The second-order valence-corrected chi connectivity index (χ2v) is 4.30. The molecule has 0 heterocycles. The zero-order valence-corrected chi connectivity index (χ0v) is 7.64. The molecule has 2 saturated carbocycles. The molecule has 0 saturated heterocycles. The number of nitrogens with one attached hydrogen (secondary N) is 1. The summed E-state index contributed by atoms with van der Waals surface area (Å²) >= 11 is 0. The summed E-state index contributed by atoms with van der Waals surface area (Å²) in [6, 6.07) is 0.884. The molecule has 1 heteroatoms. The van der Waals surface area contributed by atoms with Gasteiger partial charge in [-0.3, -0.25) is 0 Å². The lowest BCUT2D eigenvalue weighted by Gasteiger charge is -2.16. The van der Waals surface area contributed by atoms with Crippen LogP contribution in [-0.2, 0) is 0 Å². The predicted molar refractivity (Wildman–Crippen MR) is 47.5 cm³/mol. The highest BCUT2D eigenvalue weighted by atomic mass is 14.9. The van der Waals surface area contributed by atoms with Crippen molar-refractivity contribution in [3.8, 4) is 0 Å². The maximum atomic E-state index is 3.64. The zero-order valence-electron chi connectivity index (χ0n) is 7.64. The van der Waals surface area contributed by atoms with E-state index in [1.54, 1.807) is 0 Å². The average molecular weight is 153 g/mol. The highest BCUT2D eigenvalue weighted by molar-refractivity contribution is 4.99. The average Bonchev–Trinajstić information content (AvgIpc) is 2.79. The van der Waals surface area contributed by atoms with E-state index >= 15 is 0 Å². The van der Waals surface area contributed by atoms with Gasteiger partial charge in [0.15, 0.2) is 0 Å². The highest BCUT2D eigenvalue weighted by Gasteiger charge is 2.45. The Morgan fingerprint density at radius 3 is 2.45 bits per heavy atom. The first-order chi connectivity index (χ1) is 5.33. The lowest BCUT2D eigenvalue weighted by molar-refractivity contribution is 0.412. The van der Waals surface area contributed by atoms with Crippen molar-refractivity contribution in [2.24, 2.45) is 17.8 Å². The topological polar surface area (TPSA) is 12.0 Å². The summed E-state index contributed by atoms with van der Waals surface area (Å²) < 4.78 is 0. The first-order valence-corrected chi connectivity index (χ1v) is 5.06. The van der Waals surface area contributed by atoms with Gasteiger partial charge in [0.2, 0.25) is 0 Å². The molecule has 0 aliphatic heterocycles. The molecule has 0 spiro atoms. The van der Waals surface area contributed by atoms with Gasteiger partial charge >= 0.3 is 0 Å². The van der Waals surface area contributed by atoms with E-state index in [-0.39, 0.29) is 0 Å². The van der Waals surface area contributed by atoms with Crippen LogP contribution in [0.3, 0.4) is 0 Å². The van der Waals surface area contributed by atoms with Crippen LogP contribution in [0.15, 0.2) is 0 Å². The van der Waals surface area contributed by atoms with Gasteiger partial charge in [-0.25, -0.2) is 0 Å². The Morgan fingerprint density at radius 1 is 1.45 bits per heavy atom. The molecule has 0 aromatic carbocycles. The third-order valence-corrected chi connectivity index (χ3v) is 3.20. The molecule has 0 amide bonds. The molecule has 0 radical (unpaired) electrons. The molecule has 3 atom stereocenters. The quantitative estimate of drug-likeness (QED) is 0.651. The monoisotopic (exact) mass is 153 g/mol. The summed E-state index contributed by atoms with van der Waals surface area (Å²) in [5.74, 6) is 3.09. The SMILES string of the molecule is CCNC(C1CC1)C1CC1C. The Balaban J connectivity index is 1.83. The first-order valence-electron chi connectivity index (χ1n) is 5.06. The second-order valence-electron chi connectivity index (χ2n) is 4.30. The minimum atomic E-state index is 0.884. The smallest absolute Gasteiger partial charge is 0.0126 e. The van der Waals surface area contributed by atoms with Crippen LogP contribution in [-0.4, -0.2) is 12.6 Å². The van der Waals surface area contributed by atoms with E-state index in [1.807, 2.05) is 0 Å². The summed E-state index contributed by atoms with van der Waals surface area (Å²) in [5, 5.41) is 3.64. The summed E-state index contributed by atoms with van der Waals surface area (Å²) in [6.07, 6.45) is 4.45. The summed E-state index contributed by atoms with van der Waals surface area (Å²) in [5.41, 5.74) is 0. The molecule has 2 rings (SSSR count). The normalized spacial score (nSPS) is 38.7. The van der Waals surface area contributed by atoms with Crippen molar-refractivity contribution in [3.63, 3.8) is 0 Å². The van der Waals surface area contributed by atoms with Crippen molar-refractivity contribution in [3.05, 3.63) is 0 Å². The minimum Gasteiger partial charge on any atom is -0.314 e. The molecule has 1 N–H and O–H groups in total. The van der Waals surface area contributed by atoms with Gasteiger partial charge in [-0.2, -0.15) is 0 Å². The maximum absolute atomic E-state index is 3.64. The highest BCUT2D eigenvalue weighted by Crippen LogP contribution is 2.48. The third-order valence-electron chi connectivity index (χ3n) is 3.20. The largest absolute Gasteiger partial charge is 0.314 e. The van der Waals surface area contributed by atoms with Crippen LogP contribution in [0.1, 0.15) is 33.1 Å². The lowest BCUT2D eigenvalue weighted by Crippen LogP contribution is -2.33.